The molecule has 1 atom stereocenters. The molecule has 4 nitrogen and oxygen atoms in total. The molecule has 1 aliphatic heterocycles. The molecule has 1 aromatic heterocycles. The standard InChI is InChI=1S/C17H21ClN4/c1-3-12(2)21-16-9-17(20-11-19-16)22-7-6-13-8-15(18)5-4-14(13)10-22/h4-5,8-9,11-12H,3,6-7,10H2,1-2H3,(H,19,20,21)/t12-/m0/s1. The van der Waals surface area contributed by atoms with Crippen LogP contribution in [0.25, 0.3) is 0 Å². The average molecular weight is 317 g/mol. The molecule has 5 heteroatoms. The summed E-state index contributed by atoms with van der Waals surface area (Å²) in [6.45, 7) is 6.13. The minimum Gasteiger partial charge on any atom is -0.367 e. The van der Waals surface area contributed by atoms with E-state index in [1.54, 1.807) is 6.33 Å². The Hall–Kier alpha value is -1.81. The Morgan fingerprint density at radius 2 is 2.14 bits per heavy atom. The number of aromatic nitrogens is 2. The number of hydrogen-bond acceptors (Lipinski definition) is 4. The zero-order chi connectivity index (χ0) is 15.5. The van der Waals surface area contributed by atoms with Crippen LogP contribution in [0.5, 0.6) is 0 Å². The number of halogens is 1. The summed E-state index contributed by atoms with van der Waals surface area (Å²) in [6.07, 6.45) is 3.70. The predicted molar refractivity (Wildman–Crippen MR) is 91.6 cm³/mol. The fourth-order valence-electron chi connectivity index (χ4n) is 2.67. The summed E-state index contributed by atoms with van der Waals surface area (Å²) in [5, 5.41) is 4.22. The van der Waals surface area contributed by atoms with Crippen molar-refractivity contribution in [1.82, 2.24) is 9.97 Å². The van der Waals surface area contributed by atoms with Crippen molar-refractivity contribution in [3.05, 3.63) is 46.7 Å². The highest BCUT2D eigenvalue weighted by atomic mass is 35.5. The van der Waals surface area contributed by atoms with Crippen molar-refractivity contribution in [3.63, 3.8) is 0 Å². The van der Waals surface area contributed by atoms with Gasteiger partial charge in [0.1, 0.15) is 18.0 Å². The summed E-state index contributed by atoms with van der Waals surface area (Å²) in [4.78, 5) is 11.0. The van der Waals surface area contributed by atoms with E-state index < -0.39 is 0 Å². The van der Waals surface area contributed by atoms with Crippen molar-refractivity contribution in [2.24, 2.45) is 0 Å². The van der Waals surface area contributed by atoms with Crippen molar-refractivity contribution < 1.29 is 0 Å². The van der Waals surface area contributed by atoms with Gasteiger partial charge in [-0.15, -0.1) is 0 Å². The lowest BCUT2D eigenvalue weighted by Crippen LogP contribution is -2.31. The first-order chi connectivity index (χ1) is 10.7. The zero-order valence-corrected chi connectivity index (χ0v) is 13.8. The van der Waals surface area contributed by atoms with Crippen molar-refractivity contribution in [2.45, 2.75) is 39.3 Å². The largest absolute Gasteiger partial charge is 0.367 e. The molecule has 0 aliphatic carbocycles. The Morgan fingerprint density at radius 3 is 2.95 bits per heavy atom. The number of nitrogens with zero attached hydrogens (tertiary/aromatic N) is 3. The molecule has 22 heavy (non-hydrogen) atoms. The molecule has 0 spiro atoms. The number of fused-ring (bicyclic) bond motifs is 1. The third-order valence-electron chi connectivity index (χ3n) is 4.16. The van der Waals surface area contributed by atoms with Gasteiger partial charge in [-0.1, -0.05) is 24.6 Å². The van der Waals surface area contributed by atoms with Crippen molar-refractivity contribution in [3.8, 4) is 0 Å². The molecule has 1 N–H and O–H groups in total. The van der Waals surface area contributed by atoms with Crippen LogP contribution >= 0.6 is 11.6 Å². The van der Waals surface area contributed by atoms with E-state index >= 15 is 0 Å². The SMILES string of the molecule is CC[C@H](C)Nc1cc(N2CCc3cc(Cl)ccc3C2)ncn1. The van der Waals surface area contributed by atoms with E-state index in [2.05, 4.69) is 46.2 Å². The highest BCUT2D eigenvalue weighted by Gasteiger charge is 2.18. The third-order valence-corrected chi connectivity index (χ3v) is 4.40. The van der Waals surface area contributed by atoms with Crippen molar-refractivity contribution in [1.29, 1.82) is 0 Å². The number of hydrogen-bond donors (Lipinski definition) is 1. The minimum absolute atomic E-state index is 0.409. The molecular weight excluding hydrogens is 296 g/mol. The topological polar surface area (TPSA) is 41.0 Å². The maximum Gasteiger partial charge on any atom is 0.134 e. The van der Waals surface area contributed by atoms with Crippen LogP contribution in [0.1, 0.15) is 31.4 Å². The number of benzene rings is 1. The van der Waals surface area contributed by atoms with E-state index in [1.807, 2.05) is 12.1 Å². The summed E-state index contributed by atoms with van der Waals surface area (Å²) >= 11 is 6.07. The first kappa shape index (κ1) is 15.1. The molecule has 116 valence electrons. The Kier molecular flexibility index (Phi) is 4.48. The molecule has 0 unspecified atom stereocenters. The van der Waals surface area contributed by atoms with Gasteiger partial charge in [-0.25, -0.2) is 9.97 Å². The Balaban J connectivity index is 1.78. The quantitative estimate of drug-likeness (QED) is 0.928. The van der Waals surface area contributed by atoms with Gasteiger partial charge in [0.2, 0.25) is 0 Å². The molecular formula is C17H21ClN4. The second-order valence-electron chi connectivity index (χ2n) is 5.80. The van der Waals surface area contributed by atoms with Gasteiger partial charge < -0.3 is 10.2 Å². The smallest absolute Gasteiger partial charge is 0.134 e. The first-order valence-corrected chi connectivity index (χ1v) is 8.14. The molecule has 0 radical (unpaired) electrons. The maximum absolute atomic E-state index is 6.07. The van der Waals surface area contributed by atoms with Crippen molar-refractivity contribution in [2.75, 3.05) is 16.8 Å². The van der Waals surface area contributed by atoms with Gasteiger partial charge in [0.15, 0.2) is 0 Å². The lowest BCUT2D eigenvalue weighted by molar-refractivity contribution is 0.717. The van der Waals surface area contributed by atoms with Gasteiger partial charge in [-0.2, -0.15) is 0 Å². The van der Waals surface area contributed by atoms with E-state index in [-0.39, 0.29) is 0 Å². The van der Waals surface area contributed by atoms with Crippen LogP contribution in [0.3, 0.4) is 0 Å². The molecule has 0 fully saturated rings. The number of rotatable bonds is 4. The van der Waals surface area contributed by atoms with E-state index in [1.165, 1.54) is 11.1 Å². The summed E-state index contributed by atoms with van der Waals surface area (Å²) in [6, 6.07) is 8.59. The summed E-state index contributed by atoms with van der Waals surface area (Å²) in [5.74, 6) is 1.86. The molecule has 1 aliphatic rings. The number of nitrogens with one attached hydrogen (secondary N) is 1. The van der Waals surface area contributed by atoms with Gasteiger partial charge in [0.05, 0.1) is 0 Å². The third kappa shape index (κ3) is 3.33. The molecule has 2 heterocycles. The predicted octanol–water partition coefficient (Wildman–Crippen LogP) is 3.90. The fourth-order valence-corrected chi connectivity index (χ4v) is 2.87. The van der Waals surface area contributed by atoms with Crippen LogP contribution in [0.2, 0.25) is 5.02 Å². The van der Waals surface area contributed by atoms with Crippen LogP contribution < -0.4 is 10.2 Å². The van der Waals surface area contributed by atoms with Crippen LogP contribution in [0.15, 0.2) is 30.6 Å². The molecule has 0 saturated carbocycles. The van der Waals surface area contributed by atoms with Gasteiger partial charge in [0, 0.05) is 30.2 Å². The average Bonchev–Trinajstić information content (AvgIpc) is 2.54. The van der Waals surface area contributed by atoms with E-state index in [4.69, 9.17) is 11.6 Å². The second-order valence-corrected chi connectivity index (χ2v) is 6.24. The molecule has 0 amide bonds. The van der Waals surface area contributed by atoms with Crippen LogP contribution in [-0.4, -0.2) is 22.6 Å². The van der Waals surface area contributed by atoms with E-state index in [0.717, 1.165) is 42.6 Å². The molecule has 1 aromatic carbocycles. The second kappa shape index (κ2) is 6.53. The Bertz CT molecular complexity index is 659. The first-order valence-electron chi connectivity index (χ1n) is 7.76. The highest BCUT2D eigenvalue weighted by molar-refractivity contribution is 6.30. The monoisotopic (exact) mass is 316 g/mol. The lowest BCUT2D eigenvalue weighted by atomic mass is 10.00. The maximum atomic E-state index is 6.07. The fraction of sp³-hybridized carbons (Fsp3) is 0.412. The molecule has 3 rings (SSSR count). The molecule has 0 bridgehead atoms. The van der Waals surface area contributed by atoms with Crippen LogP contribution in [0.4, 0.5) is 11.6 Å². The minimum atomic E-state index is 0.409. The van der Waals surface area contributed by atoms with Gasteiger partial charge in [-0.05, 0) is 43.0 Å². The van der Waals surface area contributed by atoms with Gasteiger partial charge in [-0.3, -0.25) is 0 Å². The summed E-state index contributed by atoms with van der Waals surface area (Å²) in [7, 11) is 0. The van der Waals surface area contributed by atoms with Gasteiger partial charge in [0.25, 0.3) is 0 Å². The summed E-state index contributed by atoms with van der Waals surface area (Å²) in [5.41, 5.74) is 2.67. The highest BCUT2D eigenvalue weighted by Crippen LogP contribution is 2.26. The lowest BCUT2D eigenvalue weighted by Gasteiger charge is -2.30. The Morgan fingerprint density at radius 1 is 1.27 bits per heavy atom. The van der Waals surface area contributed by atoms with E-state index in [9.17, 15) is 0 Å². The zero-order valence-electron chi connectivity index (χ0n) is 13.0. The van der Waals surface area contributed by atoms with E-state index in [0.29, 0.717) is 6.04 Å². The Labute approximate surface area is 136 Å². The normalized spacial score (nSPS) is 15.3. The van der Waals surface area contributed by atoms with Crippen LogP contribution in [-0.2, 0) is 13.0 Å². The van der Waals surface area contributed by atoms with Crippen LogP contribution in [0, 0.1) is 0 Å². The van der Waals surface area contributed by atoms with Gasteiger partial charge >= 0.3 is 0 Å². The van der Waals surface area contributed by atoms with Crippen molar-refractivity contribution >= 4 is 23.2 Å². The summed E-state index contributed by atoms with van der Waals surface area (Å²) < 4.78 is 0. The number of anilines is 2. The molecule has 2 aromatic rings. The molecule has 0 saturated heterocycles.